The Hall–Kier alpha value is -1.65. The van der Waals surface area contributed by atoms with Gasteiger partial charge < -0.3 is 10.8 Å². The zero-order valence-corrected chi connectivity index (χ0v) is 9.89. The lowest BCUT2D eigenvalue weighted by Gasteiger charge is -2.10. The Morgan fingerprint density at radius 3 is 2.88 bits per heavy atom. The van der Waals surface area contributed by atoms with Gasteiger partial charge in [-0.3, -0.25) is 0 Å². The normalized spacial score (nSPS) is 23.8. The summed E-state index contributed by atoms with van der Waals surface area (Å²) in [5.74, 6) is 0.770. The number of carboxylic acid groups (broad SMARTS) is 1. The monoisotopic (exact) mass is 235 g/mol. The molecule has 17 heavy (non-hydrogen) atoms. The first kappa shape index (κ1) is 11.8. The van der Waals surface area contributed by atoms with Crippen molar-refractivity contribution in [2.24, 2.45) is 5.92 Å². The third-order valence-corrected chi connectivity index (χ3v) is 3.55. The third kappa shape index (κ3) is 2.38. The van der Waals surface area contributed by atoms with Crippen molar-refractivity contribution in [3.05, 3.63) is 17.6 Å². The molecule has 92 valence electrons. The number of nitrogens with zero attached hydrogens (tertiary/aromatic N) is 2. The molecule has 1 heterocycles. The van der Waals surface area contributed by atoms with Crippen LogP contribution in [0.5, 0.6) is 0 Å². The molecule has 2 unspecified atom stereocenters. The number of carbonyl (C=O) groups is 1. The van der Waals surface area contributed by atoms with Crippen molar-refractivity contribution in [1.82, 2.24) is 9.97 Å². The fraction of sp³-hybridized carbons (Fsp3) is 0.583. The van der Waals surface area contributed by atoms with Crippen molar-refractivity contribution in [2.75, 3.05) is 5.73 Å². The summed E-state index contributed by atoms with van der Waals surface area (Å²) < 4.78 is 0. The van der Waals surface area contributed by atoms with Gasteiger partial charge in [-0.2, -0.15) is 0 Å². The number of carboxylic acids is 1. The van der Waals surface area contributed by atoms with Gasteiger partial charge in [0.2, 0.25) is 0 Å². The lowest BCUT2D eigenvalue weighted by atomic mass is 10.0. The molecule has 0 spiro atoms. The summed E-state index contributed by atoms with van der Waals surface area (Å²) in [6.45, 7) is 2.19. The molecule has 1 aliphatic carbocycles. The van der Waals surface area contributed by atoms with Crippen LogP contribution >= 0.6 is 0 Å². The van der Waals surface area contributed by atoms with E-state index in [1.165, 1.54) is 19.0 Å². The van der Waals surface area contributed by atoms with E-state index < -0.39 is 5.97 Å². The summed E-state index contributed by atoms with van der Waals surface area (Å²) in [7, 11) is 0. The number of nitrogen functional groups attached to an aromatic ring is 1. The number of hydrogen-bond acceptors (Lipinski definition) is 4. The summed E-state index contributed by atoms with van der Waals surface area (Å²) in [5, 5.41) is 8.84. The van der Waals surface area contributed by atoms with E-state index >= 15 is 0 Å². The number of rotatable bonds is 3. The second kappa shape index (κ2) is 4.69. The SMILES string of the molecule is CCC1CCC(c2ncc(C(=O)O)c(N)n2)C1. The second-order valence-electron chi connectivity index (χ2n) is 4.62. The van der Waals surface area contributed by atoms with Crippen molar-refractivity contribution in [3.63, 3.8) is 0 Å². The molecular formula is C12H17N3O2. The molecule has 0 radical (unpaired) electrons. The first-order valence-electron chi connectivity index (χ1n) is 5.97. The molecule has 1 saturated carbocycles. The molecule has 1 aliphatic rings. The molecule has 3 N–H and O–H groups in total. The summed E-state index contributed by atoms with van der Waals surface area (Å²) in [4.78, 5) is 19.1. The minimum atomic E-state index is -1.08. The highest BCUT2D eigenvalue weighted by Crippen LogP contribution is 2.38. The Morgan fingerprint density at radius 2 is 2.35 bits per heavy atom. The Kier molecular flexibility index (Phi) is 3.26. The van der Waals surface area contributed by atoms with Crippen LogP contribution in [0.1, 0.15) is 54.7 Å². The molecule has 0 bridgehead atoms. The van der Waals surface area contributed by atoms with Crippen molar-refractivity contribution >= 4 is 11.8 Å². The molecule has 0 amide bonds. The quantitative estimate of drug-likeness (QED) is 0.836. The van der Waals surface area contributed by atoms with Crippen LogP contribution in [0.25, 0.3) is 0 Å². The Balaban J connectivity index is 2.18. The zero-order valence-electron chi connectivity index (χ0n) is 9.89. The predicted octanol–water partition coefficient (Wildman–Crippen LogP) is 2.05. The van der Waals surface area contributed by atoms with Crippen LogP contribution in [0.2, 0.25) is 0 Å². The van der Waals surface area contributed by atoms with Crippen molar-refractivity contribution in [2.45, 2.75) is 38.5 Å². The van der Waals surface area contributed by atoms with Crippen molar-refractivity contribution < 1.29 is 9.90 Å². The maximum atomic E-state index is 10.8. The molecule has 5 nitrogen and oxygen atoms in total. The fourth-order valence-corrected chi connectivity index (χ4v) is 2.45. The number of hydrogen-bond donors (Lipinski definition) is 2. The van der Waals surface area contributed by atoms with Gasteiger partial charge in [0.1, 0.15) is 17.2 Å². The van der Waals surface area contributed by atoms with E-state index in [0.717, 1.165) is 18.8 Å². The summed E-state index contributed by atoms with van der Waals surface area (Å²) in [5.41, 5.74) is 5.61. The highest BCUT2D eigenvalue weighted by molar-refractivity contribution is 5.92. The number of aromatic nitrogens is 2. The minimum absolute atomic E-state index is 0.0150. The first-order chi connectivity index (χ1) is 8.11. The van der Waals surface area contributed by atoms with Gasteiger partial charge in [-0.15, -0.1) is 0 Å². The minimum Gasteiger partial charge on any atom is -0.477 e. The van der Waals surface area contributed by atoms with E-state index in [-0.39, 0.29) is 11.4 Å². The van der Waals surface area contributed by atoms with Crippen LogP contribution in [-0.2, 0) is 0 Å². The molecule has 0 aromatic carbocycles. The van der Waals surface area contributed by atoms with Crippen LogP contribution < -0.4 is 5.73 Å². The van der Waals surface area contributed by atoms with E-state index in [1.54, 1.807) is 0 Å². The van der Waals surface area contributed by atoms with Gasteiger partial charge in [-0.05, 0) is 25.2 Å². The van der Waals surface area contributed by atoms with Crippen LogP contribution in [0.4, 0.5) is 5.82 Å². The van der Waals surface area contributed by atoms with Gasteiger partial charge in [0.15, 0.2) is 0 Å². The van der Waals surface area contributed by atoms with E-state index in [0.29, 0.717) is 11.7 Å². The van der Waals surface area contributed by atoms with Gasteiger partial charge in [-0.1, -0.05) is 13.3 Å². The predicted molar refractivity (Wildman–Crippen MR) is 63.8 cm³/mol. The van der Waals surface area contributed by atoms with Gasteiger partial charge >= 0.3 is 5.97 Å². The Bertz CT molecular complexity index is 434. The maximum absolute atomic E-state index is 10.8. The van der Waals surface area contributed by atoms with Crippen LogP contribution in [0, 0.1) is 5.92 Å². The maximum Gasteiger partial charge on any atom is 0.341 e. The van der Waals surface area contributed by atoms with E-state index in [2.05, 4.69) is 16.9 Å². The van der Waals surface area contributed by atoms with E-state index in [1.807, 2.05) is 0 Å². The smallest absolute Gasteiger partial charge is 0.341 e. The average molecular weight is 235 g/mol. The summed E-state index contributed by atoms with van der Waals surface area (Å²) in [6.07, 6.45) is 5.86. The third-order valence-electron chi connectivity index (χ3n) is 3.55. The molecule has 5 heteroatoms. The lowest BCUT2D eigenvalue weighted by Crippen LogP contribution is -2.10. The second-order valence-corrected chi connectivity index (χ2v) is 4.62. The summed E-state index contributed by atoms with van der Waals surface area (Å²) in [6, 6.07) is 0. The molecular weight excluding hydrogens is 218 g/mol. The van der Waals surface area contributed by atoms with Crippen molar-refractivity contribution in [1.29, 1.82) is 0 Å². The molecule has 1 fully saturated rings. The standard InChI is InChI=1S/C12H17N3O2/c1-2-7-3-4-8(5-7)11-14-6-9(12(16)17)10(13)15-11/h6-8H,2-5H2,1H3,(H,16,17)(H2,13,14,15). The number of nitrogens with two attached hydrogens (primary N) is 1. The number of anilines is 1. The Labute approximate surface area is 100 Å². The van der Waals surface area contributed by atoms with Gasteiger partial charge in [0.25, 0.3) is 0 Å². The van der Waals surface area contributed by atoms with Crippen molar-refractivity contribution in [3.8, 4) is 0 Å². The highest BCUT2D eigenvalue weighted by atomic mass is 16.4. The van der Waals surface area contributed by atoms with Crippen LogP contribution in [-0.4, -0.2) is 21.0 Å². The highest BCUT2D eigenvalue weighted by Gasteiger charge is 2.27. The molecule has 0 saturated heterocycles. The van der Waals surface area contributed by atoms with Crippen LogP contribution in [0.15, 0.2) is 6.20 Å². The molecule has 2 atom stereocenters. The molecule has 0 aliphatic heterocycles. The molecule has 2 rings (SSSR count). The average Bonchev–Trinajstić information content (AvgIpc) is 2.76. The number of aromatic carboxylic acids is 1. The van der Waals surface area contributed by atoms with Crippen LogP contribution in [0.3, 0.4) is 0 Å². The fourth-order valence-electron chi connectivity index (χ4n) is 2.45. The lowest BCUT2D eigenvalue weighted by molar-refractivity contribution is 0.0697. The largest absolute Gasteiger partial charge is 0.477 e. The topological polar surface area (TPSA) is 89.1 Å². The zero-order chi connectivity index (χ0) is 12.4. The molecule has 1 aromatic rings. The van der Waals surface area contributed by atoms with E-state index in [9.17, 15) is 4.79 Å². The molecule has 1 aromatic heterocycles. The first-order valence-corrected chi connectivity index (χ1v) is 5.97. The van der Waals surface area contributed by atoms with E-state index in [4.69, 9.17) is 10.8 Å². The Morgan fingerprint density at radius 1 is 1.59 bits per heavy atom. The van der Waals surface area contributed by atoms with Gasteiger partial charge in [0.05, 0.1) is 0 Å². The van der Waals surface area contributed by atoms with Gasteiger partial charge in [0, 0.05) is 12.1 Å². The summed E-state index contributed by atoms with van der Waals surface area (Å²) >= 11 is 0. The van der Waals surface area contributed by atoms with Gasteiger partial charge in [-0.25, -0.2) is 14.8 Å².